The quantitative estimate of drug-likeness (QED) is 0.707. The monoisotopic (exact) mass is 287 g/mol. The lowest BCUT2D eigenvalue weighted by Crippen LogP contribution is -1.93. The Morgan fingerprint density at radius 2 is 1.55 bits per heavy atom. The van der Waals surface area contributed by atoms with Crippen molar-refractivity contribution in [1.82, 2.24) is 0 Å². The third kappa shape index (κ3) is 2.80. The maximum Gasteiger partial charge on any atom is 0.126 e. The molecule has 0 atom stereocenters. The van der Waals surface area contributed by atoms with Gasteiger partial charge in [-0.2, -0.15) is 5.26 Å². The summed E-state index contributed by atoms with van der Waals surface area (Å²) in [6.07, 6.45) is 1.34. The van der Waals surface area contributed by atoms with Crippen LogP contribution in [0.15, 0.2) is 60.7 Å². The van der Waals surface area contributed by atoms with Gasteiger partial charge >= 0.3 is 0 Å². The summed E-state index contributed by atoms with van der Waals surface area (Å²) in [7, 11) is 1.70. The Hall–Kier alpha value is -2.79. The molecule has 22 heavy (non-hydrogen) atoms. The Morgan fingerprint density at radius 1 is 0.864 bits per heavy atom. The zero-order valence-corrected chi connectivity index (χ0v) is 12.5. The molecular weight excluding hydrogens is 270 g/mol. The highest BCUT2D eigenvalue weighted by Gasteiger charge is 2.06. The SMILES string of the molecule is COc1ccc(Cc2ccc(CC#N)cc2)c2ccccc12. The van der Waals surface area contributed by atoms with Crippen LogP contribution < -0.4 is 4.74 Å². The molecule has 0 unspecified atom stereocenters. The molecule has 0 aliphatic carbocycles. The van der Waals surface area contributed by atoms with Crippen LogP contribution in [0.4, 0.5) is 0 Å². The number of fused-ring (bicyclic) bond motifs is 1. The summed E-state index contributed by atoms with van der Waals surface area (Å²) in [6.45, 7) is 0. The first kappa shape index (κ1) is 14.2. The van der Waals surface area contributed by atoms with E-state index in [0.717, 1.165) is 23.1 Å². The van der Waals surface area contributed by atoms with Gasteiger partial charge in [0.1, 0.15) is 5.75 Å². The van der Waals surface area contributed by atoms with Crippen LogP contribution >= 0.6 is 0 Å². The van der Waals surface area contributed by atoms with Crippen LogP contribution in [0.25, 0.3) is 10.8 Å². The molecular formula is C20H17NO. The van der Waals surface area contributed by atoms with Crippen molar-refractivity contribution >= 4 is 10.8 Å². The number of rotatable bonds is 4. The summed E-state index contributed by atoms with van der Waals surface area (Å²) in [5, 5.41) is 11.1. The van der Waals surface area contributed by atoms with E-state index in [-0.39, 0.29) is 0 Å². The molecule has 0 aromatic heterocycles. The maximum atomic E-state index is 8.73. The Kier molecular flexibility index (Phi) is 4.07. The fourth-order valence-electron chi connectivity index (χ4n) is 2.75. The Morgan fingerprint density at radius 3 is 2.23 bits per heavy atom. The van der Waals surface area contributed by atoms with Crippen molar-refractivity contribution in [2.45, 2.75) is 12.8 Å². The standard InChI is InChI=1S/C20H17NO/c1-22-20-11-10-17(18-4-2-3-5-19(18)20)14-16-8-6-15(7-9-16)12-13-21/h2-11H,12,14H2,1H3. The molecule has 0 N–H and O–H groups in total. The maximum absolute atomic E-state index is 8.73. The topological polar surface area (TPSA) is 33.0 Å². The summed E-state index contributed by atoms with van der Waals surface area (Å²) in [5.74, 6) is 0.906. The lowest BCUT2D eigenvalue weighted by atomic mass is 9.97. The van der Waals surface area contributed by atoms with Gasteiger partial charge in [-0.1, -0.05) is 54.6 Å². The first-order valence-corrected chi connectivity index (χ1v) is 7.31. The van der Waals surface area contributed by atoms with Crippen LogP contribution in [0, 0.1) is 11.3 Å². The van der Waals surface area contributed by atoms with Crippen molar-refractivity contribution in [2.75, 3.05) is 7.11 Å². The van der Waals surface area contributed by atoms with Gasteiger partial charge in [-0.25, -0.2) is 0 Å². The lowest BCUT2D eigenvalue weighted by Gasteiger charge is -2.11. The second-order valence-corrected chi connectivity index (χ2v) is 5.30. The van der Waals surface area contributed by atoms with Gasteiger partial charge < -0.3 is 4.74 Å². The van der Waals surface area contributed by atoms with Crippen LogP contribution in [0.5, 0.6) is 5.75 Å². The highest BCUT2D eigenvalue weighted by atomic mass is 16.5. The average molecular weight is 287 g/mol. The van der Waals surface area contributed by atoms with E-state index in [1.165, 1.54) is 16.5 Å². The molecule has 2 nitrogen and oxygen atoms in total. The molecule has 0 aliphatic rings. The molecule has 3 aromatic carbocycles. The first-order chi connectivity index (χ1) is 10.8. The van der Waals surface area contributed by atoms with Crippen molar-refractivity contribution in [1.29, 1.82) is 5.26 Å². The number of benzene rings is 3. The summed E-state index contributed by atoms with van der Waals surface area (Å²) in [5.41, 5.74) is 3.59. The smallest absolute Gasteiger partial charge is 0.126 e. The van der Waals surface area contributed by atoms with Crippen molar-refractivity contribution < 1.29 is 4.74 Å². The molecule has 0 saturated heterocycles. The second kappa shape index (κ2) is 6.32. The third-order valence-electron chi connectivity index (χ3n) is 3.90. The number of nitriles is 1. The van der Waals surface area contributed by atoms with Crippen LogP contribution in [-0.4, -0.2) is 7.11 Å². The number of methoxy groups -OCH3 is 1. The molecule has 0 fully saturated rings. The van der Waals surface area contributed by atoms with Gasteiger partial charge in [-0.15, -0.1) is 0 Å². The molecule has 0 amide bonds. The van der Waals surface area contributed by atoms with Crippen LogP contribution in [0.1, 0.15) is 16.7 Å². The predicted octanol–water partition coefficient (Wildman–Crippen LogP) is 4.51. The highest BCUT2D eigenvalue weighted by Crippen LogP contribution is 2.29. The van der Waals surface area contributed by atoms with E-state index < -0.39 is 0 Å². The van der Waals surface area contributed by atoms with Crippen molar-refractivity contribution in [3.8, 4) is 11.8 Å². The largest absolute Gasteiger partial charge is 0.496 e. The molecule has 0 radical (unpaired) electrons. The Bertz CT molecular complexity index is 828. The second-order valence-electron chi connectivity index (χ2n) is 5.30. The fourth-order valence-corrected chi connectivity index (χ4v) is 2.75. The van der Waals surface area contributed by atoms with Crippen LogP contribution in [0.3, 0.4) is 0 Å². The molecule has 0 bridgehead atoms. The molecule has 0 heterocycles. The van der Waals surface area contributed by atoms with Crippen molar-refractivity contribution in [3.05, 3.63) is 77.4 Å². The van der Waals surface area contributed by atoms with Gasteiger partial charge in [0, 0.05) is 5.39 Å². The predicted molar refractivity (Wildman–Crippen MR) is 89.1 cm³/mol. The van der Waals surface area contributed by atoms with E-state index in [1.54, 1.807) is 7.11 Å². The zero-order chi connectivity index (χ0) is 15.4. The van der Waals surface area contributed by atoms with Crippen molar-refractivity contribution in [2.24, 2.45) is 0 Å². The minimum atomic E-state index is 0.464. The molecule has 0 spiro atoms. The van der Waals surface area contributed by atoms with Gasteiger partial charge in [0.25, 0.3) is 0 Å². The van der Waals surface area contributed by atoms with E-state index in [0.29, 0.717) is 6.42 Å². The fraction of sp³-hybridized carbons (Fsp3) is 0.150. The van der Waals surface area contributed by atoms with E-state index in [4.69, 9.17) is 10.00 Å². The third-order valence-corrected chi connectivity index (χ3v) is 3.90. The van der Waals surface area contributed by atoms with Crippen molar-refractivity contribution in [3.63, 3.8) is 0 Å². The van der Waals surface area contributed by atoms with Gasteiger partial charge in [-0.05, 0) is 34.6 Å². The van der Waals surface area contributed by atoms with E-state index in [2.05, 4.69) is 42.5 Å². The Labute approximate surface area is 130 Å². The minimum absolute atomic E-state index is 0.464. The van der Waals surface area contributed by atoms with Gasteiger partial charge in [0.2, 0.25) is 0 Å². The van der Waals surface area contributed by atoms with Gasteiger partial charge in [-0.3, -0.25) is 0 Å². The average Bonchev–Trinajstić information content (AvgIpc) is 2.57. The van der Waals surface area contributed by atoms with E-state index in [9.17, 15) is 0 Å². The molecule has 0 aliphatic heterocycles. The van der Waals surface area contributed by atoms with Crippen LogP contribution in [0.2, 0.25) is 0 Å². The number of ether oxygens (including phenoxy) is 1. The molecule has 108 valence electrons. The lowest BCUT2D eigenvalue weighted by molar-refractivity contribution is 0.419. The zero-order valence-electron chi connectivity index (χ0n) is 12.5. The summed E-state index contributed by atoms with van der Waals surface area (Å²) < 4.78 is 5.44. The summed E-state index contributed by atoms with van der Waals surface area (Å²) in [6, 6.07) is 22.9. The van der Waals surface area contributed by atoms with Gasteiger partial charge in [0.15, 0.2) is 0 Å². The van der Waals surface area contributed by atoms with E-state index >= 15 is 0 Å². The molecule has 3 aromatic rings. The van der Waals surface area contributed by atoms with Gasteiger partial charge in [0.05, 0.1) is 19.6 Å². The van der Waals surface area contributed by atoms with E-state index in [1.807, 2.05) is 24.3 Å². The number of hydrogen-bond donors (Lipinski definition) is 0. The summed E-state index contributed by atoms with van der Waals surface area (Å²) >= 11 is 0. The molecule has 0 saturated carbocycles. The number of nitrogens with zero attached hydrogens (tertiary/aromatic N) is 1. The molecule has 2 heteroatoms. The van der Waals surface area contributed by atoms with Crippen LogP contribution in [-0.2, 0) is 12.8 Å². The highest BCUT2D eigenvalue weighted by molar-refractivity contribution is 5.91. The Balaban J connectivity index is 1.96. The normalized spacial score (nSPS) is 10.4. The molecule has 3 rings (SSSR count). The number of hydrogen-bond acceptors (Lipinski definition) is 2. The summed E-state index contributed by atoms with van der Waals surface area (Å²) in [4.78, 5) is 0. The minimum Gasteiger partial charge on any atom is -0.496 e. The first-order valence-electron chi connectivity index (χ1n) is 7.31.